The molecule has 4 heterocycles. The van der Waals surface area contributed by atoms with Gasteiger partial charge in [0.05, 0.1) is 32.7 Å². The Hall–Kier alpha value is -2.38. The van der Waals surface area contributed by atoms with Crippen LogP contribution in [0, 0.1) is 0 Å². The lowest BCUT2D eigenvalue weighted by molar-refractivity contribution is -0.919. The molecule has 3 aromatic rings. The number of nitrogens with zero attached hydrogens (tertiary/aromatic N) is 3. The number of hydrogen-bond acceptors (Lipinski definition) is 6. The summed E-state index contributed by atoms with van der Waals surface area (Å²) in [6.07, 6.45) is 9.94. The van der Waals surface area contributed by atoms with Gasteiger partial charge in [0.2, 0.25) is 0 Å². The topological polar surface area (TPSA) is 51.9 Å². The highest BCUT2D eigenvalue weighted by Crippen LogP contribution is 2.41. The standard InChI is InChI=1S/C27H34N4O2S/c1-32-21-14-18-10-13-31(16-19(18)15-22(21)33-2)26-25-20-8-4-5-9-23(20)34-27(25)29-24(28-26)17-30-11-6-3-7-12-30/h14-15H,3-13,16-17H2,1-2H3/p+1. The summed E-state index contributed by atoms with van der Waals surface area (Å²) in [5, 5.41) is 1.33. The van der Waals surface area contributed by atoms with Gasteiger partial charge in [0.25, 0.3) is 0 Å². The van der Waals surface area contributed by atoms with Crippen LogP contribution in [0.1, 0.15) is 59.5 Å². The van der Waals surface area contributed by atoms with Crippen LogP contribution in [0.25, 0.3) is 10.2 Å². The zero-order valence-electron chi connectivity index (χ0n) is 20.4. The lowest BCUT2D eigenvalue weighted by Crippen LogP contribution is -3.11. The molecule has 0 bridgehead atoms. The molecule has 6 nitrogen and oxygen atoms in total. The van der Waals surface area contributed by atoms with Gasteiger partial charge in [0.15, 0.2) is 17.3 Å². The predicted octanol–water partition coefficient (Wildman–Crippen LogP) is 3.72. The van der Waals surface area contributed by atoms with Crippen LogP contribution in [-0.4, -0.2) is 43.8 Å². The lowest BCUT2D eigenvalue weighted by atomic mass is 9.95. The van der Waals surface area contributed by atoms with E-state index in [0.29, 0.717) is 0 Å². The van der Waals surface area contributed by atoms with Crippen LogP contribution < -0.4 is 19.3 Å². The monoisotopic (exact) mass is 479 g/mol. The first-order valence-electron chi connectivity index (χ1n) is 12.9. The van der Waals surface area contributed by atoms with Gasteiger partial charge < -0.3 is 19.3 Å². The highest BCUT2D eigenvalue weighted by molar-refractivity contribution is 7.19. The van der Waals surface area contributed by atoms with Gasteiger partial charge in [-0.3, -0.25) is 0 Å². The number of hydrogen-bond donors (Lipinski definition) is 1. The quantitative estimate of drug-likeness (QED) is 0.605. The van der Waals surface area contributed by atoms with Crippen molar-refractivity contribution < 1.29 is 14.4 Å². The third kappa shape index (κ3) is 4.03. The van der Waals surface area contributed by atoms with Gasteiger partial charge in [0, 0.05) is 18.0 Å². The van der Waals surface area contributed by atoms with Crippen molar-refractivity contribution >= 4 is 27.4 Å². The van der Waals surface area contributed by atoms with Crippen molar-refractivity contribution in [2.45, 2.75) is 64.5 Å². The van der Waals surface area contributed by atoms with E-state index in [4.69, 9.17) is 19.4 Å². The minimum atomic E-state index is 0.804. The van der Waals surface area contributed by atoms with Crippen molar-refractivity contribution in [1.82, 2.24) is 9.97 Å². The molecule has 0 radical (unpaired) electrons. The maximum Gasteiger partial charge on any atom is 0.187 e. The number of anilines is 1. The van der Waals surface area contributed by atoms with Crippen LogP contribution >= 0.6 is 11.3 Å². The third-order valence-electron chi connectivity index (χ3n) is 7.83. The summed E-state index contributed by atoms with van der Waals surface area (Å²) >= 11 is 1.93. The lowest BCUT2D eigenvalue weighted by Gasteiger charge is -2.31. The minimum absolute atomic E-state index is 0.804. The Labute approximate surface area is 205 Å². The number of piperidine rings is 1. The molecule has 0 saturated carbocycles. The molecule has 1 N–H and O–H groups in total. The van der Waals surface area contributed by atoms with Gasteiger partial charge in [-0.15, -0.1) is 11.3 Å². The van der Waals surface area contributed by atoms with Crippen molar-refractivity contribution in [3.8, 4) is 11.5 Å². The first-order valence-corrected chi connectivity index (χ1v) is 13.7. The first-order chi connectivity index (χ1) is 16.7. The molecular weight excluding hydrogens is 444 g/mol. The number of aryl methyl sites for hydroxylation is 2. The molecule has 7 heteroatoms. The average Bonchev–Trinajstić information content (AvgIpc) is 3.26. The number of aromatic nitrogens is 2. The molecular formula is C27H35N4O2S+. The molecule has 0 unspecified atom stereocenters. The fourth-order valence-electron chi connectivity index (χ4n) is 6.01. The largest absolute Gasteiger partial charge is 0.493 e. The van der Waals surface area contributed by atoms with E-state index in [-0.39, 0.29) is 0 Å². The van der Waals surface area contributed by atoms with Crippen LogP contribution in [0.4, 0.5) is 5.82 Å². The van der Waals surface area contributed by atoms with Crippen molar-refractivity contribution in [3.63, 3.8) is 0 Å². The Morgan fingerprint density at radius 1 is 0.912 bits per heavy atom. The van der Waals surface area contributed by atoms with Gasteiger partial charge in [-0.2, -0.15) is 0 Å². The summed E-state index contributed by atoms with van der Waals surface area (Å²) in [6.45, 7) is 5.26. The van der Waals surface area contributed by atoms with Crippen molar-refractivity contribution in [3.05, 3.63) is 39.5 Å². The van der Waals surface area contributed by atoms with Gasteiger partial charge >= 0.3 is 0 Å². The molecule has 180 valence electrons. The first kappa shape index (κ1) is 22.1. The van der Waals surface area contributed by atoms with Crippen LogP contribution in [-0.2, 0) is 32.4 Å². The van der Waals surface area contributed by atoms with Gasteiger partial charge in [-0.25, -0.2) is 9.97 Å². The van der Waals surface area contributed by atoms with Gasteiger partial charge in [-0.1, -0.05) is 0 Å². The Morgan fingerprint density at radius 2 is 1.68 bits per heavy atom. The smallest absolute Gasteiger partial charge is 0.187 e. The zero-order chi connectivity index (χ0) is 23.1. The number of quaternary nitrogens is 1. The van der Waals surface area contributed by atoms with Crippen LogP contribution in [0.2, 0.25) is 0 Å². The normalized spacial score (nSPS) is 18.6. The summed E-state index contributed by atoms with van der Waals surface area (Å²) < 4.78 is 11.2. The highest BCUT2D eigenvalue weighted by Gasteiger charge is 2.28. The molecule has 2 aliphatic heterocycles. The molecule has 3 aliphatic rings. The fourth-order valence-corrected chi connectivity index (χ4v) is 7.28. The van der Waals surface area contributed by atoms with Crippen LogP contribution in [0.15, 0.2) is 12.1 Å². The van der Waals surface area contributed by atoms with Crippen molar-refractivity contribution in [2.75, 3.05) is 38.8 Å². The molecule has 0 atom stereocenters. The van der Waals surface area contributed by atoms with Crippen LogP contribution in [0.3, 0.4) is 0 Å². The summed E-state index contributed by atoms with van der Waals surface area (Å²) in [7, 11) is 3.42. The molecule has 0 amide bonds. The average molecular weight is 480 g/mol. The summed E-state index contributed by atoms with van der Waals surface area (Å²) in [5.41, 5.74) is 4.18. The Morgan fingerprint density at radius 3 is 2.47 bits per heavy atom. The fraction of sp³-hybridized carbons (Fsp3) is 0.556. The van der Waals surface area contributed by atoms with Crippen LogP contribution in [0.5, 0.6) is 11.5 Å². The van der Waals surface area contributed by atoms with Gasteiger partial charge in [-0.05, 0) is 80.2 Å². The highest BCUT2D eigenvalue weighted by atomic mass is 32.1. The molecule has 1 aromatic carbocycles. The van der Waals surface area contributed by atoms with Crippen molar-refractivity contribution in [1.29, 1.82) is 0 Å². The van der Waals surface area contributed by atoms with E-state index in [1.54, 1.807) is 24.0 Å². The van der Waals surface area contributed by atoms with Crippen molar-refractivity contribution in [2.24, 2.45) is 0 Å². The molecule has 1 aliphatic carbocycles. The predicted molar refractivity (Wildman–Crippen MR) is 137 cm³/mol. The summed E-state index contributed by atoms with van der Waals surface area (Å²) in [4.78, 5) is 17.3. The maximum atomic E-state index is 5.61. The molecule has 1 saturated heterocycles. The number of fused-ring (bicyclic) bond motifs is 4. The third-order valence-corrected chi connectivity index (χ3v) is 9.01. The number of likely N-dealkylation sites (tertiary alicyclic amines) is 1. The van der Waals surface area contributed by atoms with Gasteiger partial charge in [0.1, 0.15) is 17.2 Å². The Bertz CT molecular complexity index is 1200. The summed E-state index contributed by atoms with van der Waals surface area (Å²) in [6, 6.07) is 4.30. The number of benzene rings is 1. The van der Waals surface area contributed by atoms with E-state index >= 15 is 0 Å². The molecule has 1 fully saturated rings. The Balaban J connectivity index is 1.40. The molecule has 34 heavy (non-hydrogen) atoms. The van der Waals surface area contributed by atoms with E-state index in [9.17, 15) is 0 Å². The number of thiophene rings is 1. The second-order valence-corrected chi connectivity index (χ2v) is 11.1. The molecule has 6 rings (SSSR count). The second kappa shape index (κ2) is 9.34. The van der Waals surface area contributed by atoms with E-state index in [0.717, 1.165) is 55.6 Å². The number of nitrogens with one attached hydrogen (secondary N) is 1. The van der Waals surface area contributed by atoms with E-state index in [2.05, 4.69) is 17.0 Å². The molecule has 2 aromatic heterocycles. The molecule has 0 spiro atoms. The zero-order valence-corrected chi connectivity index (χ0v) is 21.2. The maximum absolute atomic E-state index is 5.61. The Kier molecular flexibility index (Phi) is 6.08. The number of methoxy groups -OCH3 is 2. The number of ether oxygens (including phenoxy) is 2. The summed E-state index contributed by atoms with van der Waals surface area (Å²) in [5.74, 6) is 3.81. The second-order valence-electron chi connectivity index (χ2n) is 9.99. The van der Waals surface area contributed by atoms with E-state index in [1.807, 2.05) is 11.3 Å². The SMILES string of the molecule is COc1cc2c(cc1OC)CN(c1nc(C[NH+]3CCCCC3)nc3sc4c(c13)CCCC4)CC2. The number of rotatable bonds is 5. The van der Waals surface area contributed by atoms with E-state index in [1.165, 1.54) is 78.5 Å². The minimum Gasteiger partial charge on any atom is -0.493 e. The van der Waals surface area contributed by atoms with E-state index < -0.39 is 0 Å².